The molecule has 0 heterocycles. The van der Waals surface area contributed by atoms with Gasteiger partial charge in [0.05, 0.1) is 0 Å². The van der Waals surface area contributed by atoms with Gasteiger partial charge in [-0.05, 0) is 54.2 Å². The van der Waals surface area contributed by atoms with Gasteiger partial charge in [-0.25, -0.2) is 0 Å². The molecule has 0 bridgehead atoms. The Morgan fingerprint density at radius 1 is 0.783 bits per heavy atom. The summed E-state index contributed by atoms with van der Waals surface area (Å²) in [6.45, 7) is 14.4. The Morgan fingerprint density at radius 3 is 1.83 bits per heavy atom. The Hall–Kier alpha value is -2.60. The van der Waals surface area contributed by atoms with Crippen molar-refractivity contribution in [1.29, 1.82) is 0 Å². The van der Waals surface area contributed by atoms with Crippen molar-refractivity contribution in [1.82, 2.24) is 0 Å². The maximum Gasteiger partial charge on any atom is -0.0190 e. The van der Waals surface area contributed by atoms with E-state index in [2.05, 4.69) is 75.6 Å². The zero-order valence-corrected chi connectivity index (χ0v) is 14.3. The SMILES string of the molecule is C=C(C)/C=C\c1ccc(/C=C\C(=C)c2ccccc2)c(C)c1C. The van der Waals surface area contributed by atoms with Crippen LogP contribution < -0.4 is 0 Å². The smallest absolute Gasteiger partial charge is 0.0190 e. The molecular formula is C23H24. The van der Waals surface area contributed by atoms with Gasteiger partial charge in [0.2, 0.25) is 0 Å². The van der Waals surface area contributed by atoms with Crippen molar-refractivity contribution in [3.8, 4) is 0 Å². The number of rotatable bonds is 5. The molecule has 0 N–H and O–H groups in total. The summed E-state index contributed by atoms with van der Waals surface area (Å²) in [5, 5.41) is 0. The molecule has 0 radical (unpaired) electrons. The predicted octanol–water partition coefficient (Wildman–Crippen LogP) is 6.62. The van der Waals surface area contributed by atoms with Crippen LogP contribution in [0, 0.1) is 13.8 Å². The first-order valence-corrected chi connectivity index (χ1v) is 7.85. The van der Waals surface area contributed by atoms with Gasteiger partial charge in [-0.15, -0.1) is 0 Å². The van der Waals surface area contributed by atoms with Crippen LogP contribution in [-0.4, -0.2) is 0 Å². The first kappa shape index (κ1) is 16.8. The third-order valence-electron chi connectivity index (χ3n) is 4.03. The molecule has 0 unspecified atom stereocenters. The standard InChI is InChI=1S/C23H24/c1-17(2)11-13-22-15-16-23(20(5)19(22)4)14-12-18(3)21-9-7-6-8-10-21/h6-16H,1,3H2,2,4-5H3/b13-11-,14-12-. The van der Waals surface area contributed by atoms with Crippen LogP contribution in [-0.2, 0) is 0 Å². The summed E-state index contributed by atoms with van der Waals surface area (Å²) in [7, 11) is 0. The van der Waals surface area contributed by atoms with Gasteiger partial charge >= 0.3 is 0 Å². The van der Waals surface area contributed by atoms with E-state index in [9.17, 15) is 0 Å². The molecule has 0 aliphatic heterocycles. The highest BCUT2D eigenvalue weighted by Gasteiger charge is 2.03. The Bertz CT molecular complexity index is 771. The normalized spacial score (nSPS) is 11.3. The predicted molar refractivity (Wildman–Crippen MR) is 104 cm³/mol. The van der Waals surface area contributed by atoms with E-state index in [0.29, 0.717) is 0 Å². The molecule has 0 fully saturated rings. The first-order chi connectivity index (χ1) is 11.0. The van der Waals surface area contributed by atoms with Gasteiger partial charge in [0, 0.05) is 0 Å². The maximum atomic E-state index is 4.15. The van der Waals surface area contributed by atoms with E-state index in [1.807, 2.05) is 25.1 Å². The van der Waals surface area contributed by atoms with E-state index in [0.717, 1.165) is 16.7 Å². The highest BCUT2D eigenvalue weighted by Crippen LogP contribution is 2.22. The molecule has 0 heteroatoms. The summed E-state index contributed by atoms with van der Waals surface area (Å²) in [5.41, 5.74) is 8.30. The molecule has 0 spiro atoms. The van der Waals surface area contributed by atoms with Gasteiger partial charge in [0.25, 0.3) is 0 Å². The average molecular weight is 300 g/mol. The molecule has 2 rings (SSSR count). The maximum absolute atomic E-state index is 4.15. The fraction of sp³-hybridized carbons (Fsp3) is 0.130. The minimum absolute atomic E-state index is 1.02. The first-order valence-electron chi connectivity index (χ1n) is 7.85. The van der Waals surface area contributed by atoms with E-state index in [1.165, 1.54) is 22.3 Å². The summed E-state index contributed by atoms with van der Waals surface area (Å²) in [6.07, 6.45) is 8.40. The van der Waals surface area contributed by atoms with Crippen molar-refractivity contribution in [2.24, 2.45) is 0 Å². The van der Waals surface area contributed by atoms with Crippen molar-refractivity contribution in [3.05, 3.63) is 101 Å². The molecule has 0 amide bonds. The largest absolute Gasteiger partial charge is 0.0961 e. The topological polar surface area (TPSA) is 0 Å². The molecule has 0 saturated heterocycles. The van der Waals surface area contributed by atoms with Crippen molar-refractivity contribution in [2.45, 2.75) is 20.8 Å². The van der Waals surface area contributed by atoms with Crippen LogP contribution in [0.5, 0.6) is 0 Å². The quantitative estimate of drug-likeness (QED) is 0.544. The Kier molecular flexibility index (Phi) is 5.54. The Labute approximate surface area is 140 Å². The molecule has 23 heavy (non-hydrogen) atoms. The number of hydrogen-bond acceptors (Lipinski definition) is 0. The van der Waals surface area contributed by atoms with Crippen molar-refractivity contribution < 1.29 is 0 Å². The molecule has 0 aliphatic carbocycles. The molecule has 0 nitrogen and oxygen atoms in total. The monoisotopic (exact) mass is 300 g/mol. The molecular weight excluding hydrogens is 276 g/mol. The van der Waals surface area contributed by atoms with Gasteiger partial charge in [-0.2, -0.15) is 0 Å². The third-order valence-corrected chi connectivity index (χ3v) is 4.03. The zero-order chi connectivity index (χ0) is 16.8. The van der Waals surface area contributed by atoms with Gasteiger partial charge in [0.1, 0.15) is 0 Å². The fourth-order valence-corrected chi connectivity index (χ4v) is 2.39. The van der Waals surface area contributed by atoms with Crippen LogP contribution in [0.2, 0.25) is 0 Å². The van der Waals surface area contributed by atoms with Gasteiger partial charge in [-0.3, -0.25) is 0 Å². The lowest BCUT2D eigenvalue weighted by molar-refractivity contribution is 1.31. The molecule has 2 aromatic carbocycles. The Morgan fingerprint density at radius 2 is 1.30 bits per heavy atom. The minimum Gasteiger partial charge on any atom is -0.0961 e. The van der Waals surface area contributed by atoms with E-state index >= 15 is 0 Å². The van der Waals surface area contributed by atoms with Crippen LogP contribution in [0.3, 0.4) is 0 Å². The van der Waals surface area contributed by atoms with Gasteiger partial charge in [0.15, 0.2) is 0 Å². The van der Waals surface area contributed by atoms with Crippen LogP contribution in [0.1, 0.15) is 34.7 Å². The lowest BCUT2D eigenvalue weighted by atomic mass is 9.96. The number of benzene rings is 2. The van der Waals surface area contributed by atoms with Crippen LogP contribution in [0.25, 0.3) is 17.7 Å². The summed E-state index contributed by atoms with van der Waals surface area (Å²) in [5.74, 6) is 0. The van der Waals surface area contributed by atoms with Crippen LogP contribution in [0.15, 0.2) is 73.3 Å². The molecule has 116 valence electrons. The fourth-order valence-electron chi connectivity index (χ4n) is 2.39. The van der Waals surface area contributed by atoms with Crippen molar-refractivity contribution in [3.63, 3.8) is 0 Å². The highest BCUT2D eigenvalue weighted by molar-refractivity contribution is 5.78. The number of hydrogen-bond donors (Lipinski definition) is 0. The molecule has 2 aromatic rings. The summed E-state index contributed by atoms with van der Waals surface area (Å²) in [6, 6.07) is 14.6. The lowest BCUT2D eigenvalue weighted by Crippen LogP contribution is -1.90. The second-order valence-corrected chi connectivity index (χ2v) is 5.90. The molecule has 0 aromatic heterocycles. The second-order valence-electron chi connectivity index (χ2n) is 5.90. The van der Waals surface area contributed by atoms with Crippen LogP contribution in [0.4, 0.5) is 0 Å². The minimum atomic E-state index is 1.02. The molecule has 0 aliphatic rings. The summed E-state index contributed by atoms with van der Waals surface area (Å²) >= 11 is 0. The zero-order valence-electron chi connectivity index (χ0n) is 14.3. The van der Waals surface area contributed by atoms with E-state index in [1.54, 1.807) is 0 Å². The van der Waals surface area contributed by atoms with Crippen molar-refractivity contribution in [2.75, 3.05) is 0 Å². The van der Waals surface area contributed by atoms with Crippen molar-refractivity contribution >= 4 is 17.7 Å². The van der Waals surface area contributed by atoms with Crippen LogP contribution >= 0.6 is 0 Å². The van der Waals surface area contributed by atoms with Gasteiger partial charge in [-0.1, -0.05) is 85.5 Å². The lowest BCUT2D eigenvalue weighted by Gasteiger charge is -2.09. The Balaban J connectivity index is 2.24. The van der Waals surface area contributed by atoms with Gasteiger partial charge < -0.3 is 0 Å². The molecule has 0 saturated carbocycles. The third kappa shape index (κ3) is 4.43. The van der Waals surface area contributed by atoms with E-state index in [4.69, 9.17) is 0 Å². The highest BCUT2D eigenvalue weighted by atomic mass is 14.1. The van der Waals surface area contributed by atoms with E-state index in [-0.39, 0.29) is 0 Å². The summed E-state index contributed by atoms with van der Waals surface area (Å²) in [4.78, 5) is 0. The number of allylic oxidation sites excluding steroid dienone is 4. The van der Waals surface area contributed by atoms with E-state index < -0.39 is 0 Å². The average Bonchev–Trinajstić information content (AvgIpc) is 2.55. The summed E-state index contributed by atoms with van der Waals surface area (Å²) < 4.78 is 0. The second kappa shape index (κ2) is 7.60. The molecule has 0 atom stereocenters.